The average Bonchev–Trinajstić information content (AvgIpc) is 1.82. The third-order valence-electron chi connectivity index (χ3n) is 1.58. The predicted molar refractivity (Wildman–Crippen MR) is 32.7 cm³/mol. The number of hydrogen-bond acceptors (Lipinski definition) is 2. The second kappa shape index (κ2) is 1.71. The van der Waals surface area contributed by atoms with Gasteiger partial charge in [0.15, 0.2) is 0 Å². The molecule has 2 unspecified atom stereocenters. The number of β-amino-alcohol motifs (C(OH)–C–C–N with tert-alkyl or cyclic N) is 1. The molecule has 1 aliphatic rings. The van der Waals surface area contributed by atoms with Crippen molar-refractivity contribution in [3.05, 3.63) is 0 Å². The van der Waals surface area contributed by atoms with Crippen LogP contribution in [0.1, 0.15) is 20.3 Å². The molecule has 0 aromatic heterocycles. The van der Waals surface area contributed by atoms with Gasteiger partial charge in [-0.2, -0.15) is 0 Å². The van der Waals surface area contributed by atoms with Crippen LogP contribution < -0.4 is 5.32 Å². The SMILES string of the molecule is CC1CC(C)(O)CN1. The summed E-state index contributed by atoms with van der Waals surface area (Å²) < 4.78 is 0. The van der Waals surface area contributed by atoms with E-state index in [0.717, 1.165) is 13.0 Å². The molecule has 48 valence electrons. The van der Waals surface area contributed by atoms with E-state index in [1.54, 1.807) is 0 Å². The van der Waals surface area contributed by atoms with Crippen LogP contribution in [0.3, 0.4) is 0 Å². The zero-order chi connectivity index (χ0) is 6.20. The Kier molecular flexibility index (Phi) is 1.29. The van der Waals surface area contributed by atoms with Crippen molar-refractivity contribution >= 4 is 0 Å². The normalized spacial score (nSPS) is 47.6. The largest absolute Gasteiger partial charge is 0.389 e. The maximum Gasteiger partial charge on any atom is 0.0758 e. The van der Waals surface area contributed by atoms with E-state index in [2.05, 4.69) is 12.2 Å². The smallest absolute Gasteiger partial charge is 0.0758 e. The zero-order valence-corrected chi connectivity index (χ0v) is 5.44. The van der Waals surface area contributed by atoms with Crippen LogP contribution in [0.2, 0.25) is 0 Å². The molecule has 0 aliphatic carbocycles. The molecule has 0 aromatic rings. The molecule has 1 fully saturated rings. The molecule has 2 heteroatoms. The Balaban J connectivity index is 2.44. The molecule has 8 heavy (non-hydrogen) atoms. The summed E-state index contributed by atoms with van der Waals surface area (Å²) in [6, 6.07) is 0.491. The summed E-state index contributed by atoms with van der Waals surface area (Å²) in [6.07, 6.45) is 0.882. The van der Waals surface area contributed by atoms with Crippen LogP contribution >= 0.6 is 0 Å². The first-order valence-electron chi connectivity index (χ1n) is 3.06. The molecule has 0 spiro atoms. The van der Waals surface area contributed by atoms with Crippen LogP contribution in [0.15, 0.2) is 0 Å². The van der Waals surface area contributed by atoms with Gasteiger partial charge in [0.1, 0.15) is 0 Å². The highest BCUT2D eigenvalue weighted by Gasteiger charge is 2.29. The Morgan fingerprint density at radius 1 is 1.75 bits per heavy atom. The van der Waals surface area contributed by atoms with Gasteiger partial charge in [0.25, 0.3) is 0 Å². The van der Waals surface area contributed by atoms with Crippen LogP contribution in [0.25, 0.3) is 0 Å². The molecule has 1 rings (SSSR count). The standard InChI is InChI=1S/C6H13NO/c1-5-3-6(2,8)4-7-5/h5,7-8H,3-4H2,1-2H3. The van der Waals surface area contributed by atoms with Crippen molar-refractivity contribution in [1.82, 2.24) is 5.32 Å². The maximum atomic E-state index is 9.30. The summed E-state index contributed by atoms with van der Waals surface area (Å²) in [5, 5.41) is 12.5. The van der Waals surface area contributed by atoms with Crippen molar-refractivity contribution in [2.24, 2.45) is 0 Å². The Bertz CT molecular complexity index is 90.5. The highest BCUT2D eigenvalue weighted by atomic mass is 16.3. The third-order valence-corrected chi connectivity index (χ3v) is 1.58. The van der Waals surface area contributed by atoms with Crippen molar-refractivity contribution < 1.29 is 5.11 Å². The summed E-state index contributed by atoms with van der Waals surface area (Å²) in [5.41, 5.74) is -0.445. The Morgan fingerprint density at radius 3 is 2.50 bits per heavy atom. The molecule has 2 N–H and O–H groups in total. The fraction of sp³-hybridized carbons (Fsp3) is 1.00. The molecule has 0 radical (unpaired) electrons. The van der Waals surface area contributed by atoms with E-state index in [-0.39, 0.29) is 0 Å². The van der Waals surface area contributed by atoms with Gasteiger partial charge in [0, 0.05) is 12.6 Å². The van der Waals surface area contributed by atoms with Crippen LogP contribution in [-0.4, -0.2) is 23.3 Å². The van der Waals surface area contributed by atoms with Crippen molar-refractivity contribution in [2.75, 3.05) is 6.54 Å². The molecule has 2 atom stereocenters. The summed E-state index contributed by atoms with van der Waals surface area (Å²) in [7, 11) is 0. The lowest BCUT2D eigenvalue weighted by Gasteiger charge is -2.12. The van der Waals surface area contributed by atoms with Crippen molar-refractivity contribution in [2.45, 2.75) is 31.9 Å². The molecular formula is C6H13NO. The summed E-state index contributed by atoms with van der Waals surface area (Å²) in [5.74, 6) is 0. The van der Waals surface area contributed by atoms with Crippen molar-refractivity contribution in [1.29, 1.82) is 0 Å². The van der Waals surface area contributed by atoms with E-state index in [1.165, 1.54) is 0 Å². The monoisotopic (exact) mass is 115 g/mol. The molecule has 0 saturated carbocycles. The van der Waals surface area contributed by atoms with Gasteiger partial charge in [0.05, 0.1) is 5.60 Å². The number of nitrogens with one attached hydrogen (secondary N) is 1. The second-order valence-electron chi connectivity index (χ2n) is 2.98. The predicted octanol–water partition coefficient (Wildman–Crippen LogP) is 0.119. The Hall–Kier alpha value is -0.0800. The van der Waals surface area contributed by atoms with Gasteiger partial charge in [-0.05, 0) is 20.3 Å². The second-order valence-corrected chi connectivity index (χ2v) is 2.98. The van der Waals surface area contributed by atoms with E-state index >= 15 is 0 Å². The molecular weight excluding hydrogens is 102 g/mol. The van der Waals surface area contributed by atoms with Gasteiger partial charge >= 0.3 is 0 Å². The summed E-state index contributed by atoms with van der Waals surface area (Å²) >= 11 is 0. The van der Waals surface area contributed by atoms with Gasteiger partial charge in [0.2, 0.25) is 0 Å². The molecule has 0 aromatic carbocycles. The van der Waals surface area contributed by atoms with Gasteiger partial charge in [-0.15, -0.1) is 0 Å². The van der Waals surface area contributed by atoms with Crippen molar-refractivity contribution in [3.8, 4) is 0 Å². The van der Waals surface area contributed by atoms with Crippen LogP contribution in [0.5, 0.6) is 0 Å². The first-order chi connectivity index (χ1) is 3.60. The number of hydrogen-bond donors (Lipinski definition) is 2. The average molecular weight is 115 g/mol. The fourth-order valence-corrected chi connectivity index (χ4v) is 1.20. The Labute approximate surface area is 49.9 Å². The van der Waals surface area contributed by atoms with Crippen molar-refractivity contribution in [3.63, 3.8) is 0 Å². The van der Waals surface area contributed by atoms with Gasteiger partial charge in [-0.25, -0.2) is 0 Å². The zero-order valence-electron chi connectivity index (χ0n) is 5.44. The van der Waals surface area contributed by atoms with Crippen LogP contribution in [-0.2, 0) is 0 Å². The Morgan fingerprint density at radius 2 is 2.38 bits per heavy atom. The third kappa shape index (κ3) is 1.20. The molecule has 0 amide bonds. The minimum Gasteiger partial charge on any atom is -0.389 e. The first-order valence-corrected chi connectivity index (χ1v) is 3.06. The quantitative estimate of drug-likeness (QED) is 0.470. The lowest BCUT2D eigenvalue weighted by molar-refractivity contribution is 0.0798. The van der Waals surface area contributed by atoms with Gasteiger partial charge in [-0.1, -0.05) is 0 Å². The minimum atomic E-state index is -0.445. The maximum absolute atomic E-state index is 9.30. The van der Waals surface area contributed by atoms with E-state index in [1.807, 2.05) is 6.92 Å². The van der Waals surface area contributed by atoms with E-state index in [0.29, 0.717) is 6.04 Å². The lowest BCUT2D eigenvalue weighted by atomic mass is 10.0. The first kappa shape index (κ1) is 6.05. The van der Waals surface area contributed by atoms with Crippen LogP contribution in [0, 0.1) is 0 Å². The minimum absolute atomic E-state index is 0.445. The highest BCUT2D eigenvalue weighted by Crippen LogP contribution is 2.16. The molecule has 1 aliphatic heterocycles. The van der Waals surface area contributed by atoms with E-state index < -0.39 is 5.60 Å². The lowest BCUT2D eigenvalue weighted by Crippen LogP contribution is -2.26. The van der Waals surface area contributed by atoms with Crippen LogP contribution in [0.4, 0.5) is 0 Å². The van der Waals surface area contributed by atoms with E-state index in [4.69, 9.17) is 0 Å². The topological polar surface area (TPSA) is 32.3 Å². The summed E-state index contributed by atoms with van der Waals surface area (Å²) in [4.78, 5) is 0. The number of rotatable bonds is 0. The van der Waals surface area contributed by atoms with Gasteiger partial charge < -0.3 is 10.4 Å². The van der Waals surface area contributed by atoms with Gasteiger partial charge in [-0.3, -0.25) is 0 Å². The summed E-state index contributed by atoms with van der Waals surface area (Å²) in [6.45, 7) is 4.69. The molecule has 1 heterocycles. The number of aliphatic hydroxyl groups is 1. The molecule has 0 bridgehead atoms. The molecule has 1 saturated heterocycles. The van der Waals surface area contributed by atoms with E-state index in [9.17, 15) is 5.11 Å². The fourth-order valence-electron chi connectivity index (χ4n) is 1.20. The molecule has 2 nitrogen and oxygen atoms in total. The highest BCUT2D eigenvalue weighted by molar-refractivity contribution is 4.87.